The quantitative estimate of drug-likeness (QED) is 0.919. The van der Waals surface area contributed by atoms with Crippen LogP contribution in [-0.2, 0) is 16.1 Å². The summed E-state index contributed by atoms with van der Waals surface area (Å²) >= 11 is 0. The van der Waals surface area contributed by atoms with E-state index < -0.39 is 18.1 Å². The molecule has 0 saturated carbocycles. The lowest BCUT2D eigenvalue weighted by Crippen LogP contribution is -2.36. The molecule has 23 heavy (non-hydrogen) atoms. The number of likely N-dealkylation sites (N-methyl/N-ethyl adjacent to an activating group) is 1. The number of aryl methyl sites for hydroxylation is 1. The van der Waals surface area contributed by atoms with Crippen LogP contribution in [0.3, 0.4) is 0 Å². The minimum atomic E-state index is -1.10. The van der Waals surface area contributed by atoms with E-state index in [1.165, 1.54) is 7.05 Å². The maximum Gasteiger partial charge on any atom is 0.410 e. The largest absolute Gasteiger partial charge is 0.479 e. The second-order valence-corrected chi connectivity index (χ2v) is 5.30. The third kappa shape index (κ3) is 4.32. The zero-order valence-electron chi connectivity index (χ0n) is 13.1. The number of carbonyl (C=O) groups excluding carboxylic acids is 1. The molecule has 2 aromatic rings. The average Bonchev–Trinajstić information content (AvgIpc) is 2.55. The summed E-state index contributed by atoms with van der Waals surface area (Å²) in [5.74, 6) is -1.10. The van der Waals surface area contributed by atoms with Gasteiger partial charge in [-0.2, -0.15) is 0 Å². The van der Waals surface area contributed by atoms with Crippen LogP contribution in [0.25, 0.3) is 0 Å². The molecule has 1 N–H and O–H groups in total. The molecule has 0 fully saturated rings. The topological polar surface area (TPSA) is 66.8 Å². The van der Waals surface area contributed by atoms with E-state index >= 15 is 0 Å². The van der Waals surface area contributed by atoms with Gasteiger partial charge in [0.1, 0.15) is 6.61 Å². The molecule has 1 amide bonds. The summed E-state index contributed by atoms with van der Waals surface area (Å²) in [5, 5.41) is 9.45. The summed E-state index contributed by atoms with van der Waals surface area (Å²) in [6.07, 6.45) is -0.679. The number of rotatable bonds is 5. The highest BCUT2D eigenvalue weighted by Crippen LogP contribution is 2.21. The molecule has 2 rings (SSSR count). The van der Waals surface area contributed by atoms with E-state index in [2.05, 4.69) is 0 Å². The van der Waals surface area contributed by atoms with Crippen molar-refractivity contribution in [3.63, 3.8) is 0 Å². The van der Waals surface area contributed by atoms with Crippen LogP contribution in [0, 0.1) is 6.92 Å². The summed E-state index contributed by atoms with van der Waals surface area (Å²) in [6.45, 7) is 2.02. The standard InChI is InChI=1S/C18H19NO4/c1-13-8-10-15(11-9-13)16(17(20)21)19(2)18(22)23-12-14-6-4-3-5-7-14/h3-11,16H,12H2,1-2H3,(H,20,21). The summed E-state index contributed by atoms with van der Waals surface area (Å²) in [4.78, 5) is 24.8. The molecule has 0 radical (unpaired) electrons. The lowest BCUT2D eigenvalue weighted by molar-refractivity contribution is -0.142. The normalized spacial score (nSPS) is 11.6. The molecular weight excluding hydrogens is 294 g/mol. The van der Waals surface area contributed by atoms with Crippen LogP contribution in [0.1, 0.15) is 22.7 Å². The van der Waals surface area contributed by atoms with Gasteiger partial charge in [-0.25, -0.2) is 9.59 Å². The molecule has 0 bridgehead atoms. The summed E-state index contributed by atoms with van der Waals surface area (Å²) in [7, 11) is 1.42. The number of carboxylic acids is 1. The summed E-state index contributed by atoms with van der Waals surface area (Å²) in [6, 6.07) is 15.2. The van der Waals surface area contributed by atoms with E-state index in [4.69, 9.17) is 4.74 Å². The first-order chi connectivity index (χ1) is 11.0. The van der Waals surface area contributed by atoms with Crippen molar-refractivity contribution in [2.24, 2.45) is 0 Å². The fraction of sp³-hybridized carbons (Fsp3) is 0.222. The molecular formula is C18H19NO4. The number of aliphatic carboxylic acids is 1. The number of benzene rings is 2. The van der Waals surface area contributed by atoms with E-state index in [-0.39, 0.29) is 6.61 Å². The van der Waals surface area contributed by atoms with Crippen LogP contribution in [-0.4, -0.2) is 29.1 Å². The van der Waals surface area contributed by atoms with E-state index in [0.29, 0.717) is 5.56 Å². The fourth-order valence-corrected chi connectivity index (χ4v) is 2.21. The Morgan fingerprint density at radius 3 is 2.26 bits per heavy atom. The summed E-state index contributed by atoms with van der Waals surface area (Å²) < 4.78 is 5.19. The van der Waals surface area contributed by atoms with Gasteiger partial charge in [-0.3, -0.25) is 4.90 Å². The first-order valence-electron chi connectivity index (χ1n) is 7.22. The number of hydrogen-bond donors (Lipinski definition) is 1. The van der Waals surface area contributed by atoms with Crippen molar-refractivity contribution in [3.8, 4) is 0 Å². The Labute approximate surface area is 135 Å². The van der Waals surface area contributed by atoms with Crippen LogP contribution >= 0.6 is 0 Å². The maximum absolute atomic E-state index is 12.1. The van der Waals surface area contributed by atoms with Crippen molar-refractivity contribution >= 4 is 12.1 Å². The average molecular weight is 313 g/mol. The van der Waals surface area contributed by atoms with E-state index in [1.54, 1.807) is 12.1 Å². The number of carboxylic acid groups (broad SMARTS) is 1. The van der Waals surface area contributed by atoms with Crippen LogP contribution in [0.2, 0.25) is 0 Å². The van der Waals surface area contributed by atoms with Crippen LogP contribution in [0.15, 0.2) is 54.6 Å². The first-order valence-corrected chi connectivity index (χ1v) is 7.22. The highest BCUT2D eigenvalue weighted by molar-refractivity contribution is 5.81. The van der Waals surface area contributed by atoms with Crippen molar-refractivity contribution in [1.29, 1.82) is 0 Å². The second-order valence-electron chi connectivity index (χ2n) is 5.30. The molecule has 0 aliphatic heterocycles. The highest BCUT2D eigenvalue weighted by atomic mass is 16.6. The highest BCUT2D eigenvalue weighted by Gasteiger charge is 2.29. The predicted octanol–water partition coefficient (Wildman–Crippen LogP) is 3.39. The van der Waals surface area contributed by atoms with Crippen molar-refractivity contribution in [2.45, 2.75) is 19.6 Å². The minimum Gasteiger partial charge on any atom is -0.479 e. The number of carbonyl (C=O) groups is 2. The molecule has 5 heteroatoms. The molecule has 120 valence electrons. The third-order valence-corrected chi connectivity index (χ3v) is 3.51. The van der Waals surface area contributed by atoms with Crippen LogP contribution < -0.4 is 0 Å². The van der Waals surface area contributed by atoms with Gasteiger partial charge in [0.25, 0.3) is 0 Å². The maximum atomic E-state index is 12.1. The molecule has 0 spiro atoms. The molecule has 1 atom stereocenters. The molecule has 5 nitrogen and oxygen atoms in total. The Bertz CT molecular complexity index is 667. The zero-order valence-corrected chi connectivity index (χ0v) is 13.1. The molecule has 0 aliphatic rings. The number of hydrogen-bond acceptors (Lipinski definition) is 3. The number of ether oxygens (including phenoxy) is 1. The predicted molar refractivity (Wildman–Crippen MR) is 85.9 cm³/mol. The third-order valence-electron chi connectivity index (χ3n) is 3.51. The Kier molecular flexibility index (Phi) is 5.36. The molecule has 2 aromatic carbocycles. The van der Waals surface area contributed by atoms with Gasteiger partial charge in [0.2, 0.25) is 0 Å². The van der Waals surface area contributed by atoms with Gasteiger partial charge in [0, 0.05) is 7.05 Å². The Hall–Kier alpha value is -2.82. The minimum absolute atomic E-state index is 0.101. The van der Waals surface area contributed by atoms with Gasteiger partial charge in [-0.1, -0.05) is 60.2 Å². The molecule has 0 heterocycles. The van der Waals surface area contributed by atoms with Crippen molar-refractivity contribution in [3.05, 3.63) is 71.3 Å². The van der Waals surface area contributed by atoms with Gasteiger partial charge in [-0.05, 0) is 18.1 Å². The number of nitrogens with zero attached hydrogens (tertiary/aromatic N) is 1. The van der Waals surface area contributed by atoms with Crippen molar-refractivity contribution in [2.75, 3.05) is 7.05 Å². The molecule has 0 aliphatic carbocycles. The zero-order chi connectivity index (χ0) is 16.8. The Morgan fingerprint density at radius 1 is 1.09 bits per heavy atom. The van der Waals surface area contributed by atoms with Gasteiger partial charge in [-0.15, -0.1) is 0 Å². The lowest BCUT2D eigenvalue weighted by atomic mass is 10.0. The lowest BCUT2D eigenvalue weighted by Gasteiger charge is -2.24. The van der Waals surface area contributed by atoms with Crippen molar-refractivity contribution in [1.82, 2.24) is 4.90 Å². The SMILES string of the molecule is Cc1ccc(C(C(=O)O)N(C)C(=O)OCc2ccccc2)cc1. The van der Waals surface area contributed by atoms with E-state index in [0.717, 1.165) is 16.0 Å². The van der Waals surface area contributed by atoms with Gasteiger partial charge >= 0.3 is 12.1 Å². The number of amides is 1. The second kappa shape index (κ2) is 7.45. The Balaban J connectivity index is 2.08. The fourth-order valence-electron chi connectivity index (χ4n) is 2.21. The monoisotopic (exact) mass is 313 g/mol. The van der Waals surface area contributed by atoms with E-state index in [9.17, 15) is 14.7 Å². The molecule has 0 saturated heterocycles. The summed E-state index contributed by atoms with van der Waals surface area (Å²) in [5.41, 5.74) is 2.39. The molecule has 0 aromatic heterocycles. The first kappa shape index (κ1) is 16.5. The van der Waals surface area contributed by atoms with E-state index in [1.807, 2.05) is 49.4 Å². The van der Waals surface area contributed by atoms with Gasteiger partial charge < -0.3 is 9.84 Å². The van der Waals surface area contributed by atoms with Gasteiger partial charge in [0.05, 0.1) is 0 Å². The van der Waals surface area contributed by atoms with Crippen molar-refractivity contribution < 1.29 is 19.4 Å². The van der Waals surface area contributed by atoms with Crippen LogP contribution in [0.4, 0.5) is 4.79 Å². The molecule has 1 unspecified atom stereocenters. The smallest absolute Gasteiger partial charge is 0.410 e. The van der Waals surface area contributed by atoms with Gasteiger partial charge in [0.15, 0.2) is 6.04 Å². The van der Waals surface area contributed by atoms with Crippen LogP contribution in [0.5, 0.6) is 0 Å². The Morgan fingerprint density at radius 2 is 1.70 bits per heavy atom.